The molecule has 0 saturated carbocycles. The first-order valence-electron chi connectivity index (χ1n) is 12.0. The Balaban J connectivity index is 2.10. The Morgan fingerprint density at radius 2 is 1.91 bits per heavy atom. The van der Waals surface area contributed by atoms with Crippen molar-refractivity contribution in [1.29, 1.82) is 0 Å². The summed E-state index contributed by atoms with van der Waals surface area (Å²) >= 11 is 0. The molecule has 0 spiro atoms. The van der Waals surface area contributed by atoms with Gasteiger partial charge in [-0.15, -0.1) is 0 Å². The molecule has 0 aromatic rings. The summed E-state index contributed by atoms with van der Waals surface area (Å²) in [5, 5.41) is 20.5. The van der Waals surface area contributed by atoms with Gasteiger partial charge in [0.15, 0.2) is 0 Å². The Morgan fingerprint density at radius 1 is 1.22 bits per heavy atom. The lowest BCUT2D eigenvalue weighted by Gasteiger charge is -2.44. The number of hydrogen-bond donors (Lipinski definition) is 2. The fourth-order valence-corrected chi connectivity index (χ4v) is 4.84. The highest BCUT2D eigenvalue weighted by atomic mass is 16.5. The van der Waals surface area contributed by atoms with Crippen LogP contribution in [0.3, 0.4) is 0 Å². The number of methoxy groups -OCH3 is 1. The van der Waals surface area contributed by atoms with Gasteiger partial charge in [0.2, 0.25) is 0 Å². The Bertz CT molecular complexity index is 709. The van der Waals surface area contributed by atoms with Gasteiger partial charge in [0.1, 0.15) is 6.10 Å². The van der Waals surface area contributed by atoms with Gasteiger partial charge in [0, 0.05) is 5.92 Å². The van der Waals surface area contributed by atoms with Crippen LogP contribution in [-0.4, -0.2) is 47.6 Å². The van der Waals surface area contributed by atoms with E-state index in [1.807, 2.05) is 20.8 Å². The molecule has 0 aromatic heterocycles. The van der Waals surface area contributed by atoms with E-state index >= 15 is 0 Å². The van der Waals surface area contributed by atoms with Gasteiger partial charge >= 0.3 is 11.9 Å². The molecule has 2 aliphatic rings. The van der Waals surface area contributed by atoms with Crippen LogP contribution in [0.15, 0.2) is 23.8 Å². The number of carbonyl (C=O) groups excluding carboxylic acids is 2. The van der Waals surface area contributed by atoms with Crippen LogP contribution in [0.2, 0.25) is 0 Å². The van der Waals surface area contributed by atoms with E-state index in [0.29, 0.717) is 12.3 Å². The summed E-state index contributed by atoms with van der Waals surface area (Å²) in [6.45, 7) is 10.2. The monoisotopic (exact) mass is 450 g/mol. The molecule has 32 heavy (non-hydrogen) atoms. The number of aliphatic hydroxyl groups is 2. The standard InChI is InChI=1S/C26H42O6/c1-7-26(4,5)25(30)32-22-13-16(2)12-18-9-8-17(3)21(24(18)22)11-10-19(27)14-20(28)15-23(29)31-6/h8-9,12,16-17,19-22,24,27-28H,7,10-11,13-15H2,1-6H3/t16-,17-,19+,20+,21-,22-,24+/m0/s1. The van der Waals surface area contributed by atoms with Crippen molar-refractivity contribution in [2.24, 2.45) is 29.1 Å². The van der Waals surface area contributed by atoms with E-state index in [1.165, 1.54) is 12.7 Å². The second kappa shape index (κ2) is 11.5. The zero-order valence-corrected chi connectivity index (χ0v) is 20.5. The average molecular weight is 451 g/mol. The summed E-state index contributed by atoms with van der Waals surface area (Å²) in [6.07, 6.45) is 7.67. The first kappa shape index (κ1) is 26.6. The molecule has 0 unspecified atom stereocenters. The van der Waals surface area contributed by atoms with Gasteiger partial charge in [-0.05, 0) is 69.3 Å². The zero-order chi connectivity index (χ0) is 24.1. The number of esters is 2. The number of rotatable bonds is 10. The Hall–Kier alpha value is -1.66. The number of fused-ring (bicyclic) bond motifs is 1. The lowest BCUT2D eigenvalue weighted by atomic mass is 9.65. The van der Waals surface area contributed by atoms with Gasteiger partial charge in [0.05, 0.1) is 31.2 Å². The fourth-order valence-electron chi connectivity index (χ4n) is 4.84. The van der Waals surface area contributed by atoms with Crippen molar-refractivity contribution in [3.8, 4) is 0 Å². The van der Waals surface area contributed by atoms with Crippen LogP contribution in [0.1, 0.15) is 73.1 Å². The summed E-state index contributed by atoms with van der Waals surface area (Å²) in [6, 6.07) is 0. The number of allylic oxidation sites excluding steroid dienone is 3. The van der Waals surface area contributed by atoms with Crippen molar-refractivity contribution >= 4 is 11.9 Å². The van der Waals surface area contributed by atoms with Crippen LogP contribution >= 0.6 is 0 Å². The van der Waals surface area contributed by atoms with Gasteiger partial charge in [-0.2, -0.15) is 0 Å². The lowest BCUT2D eigenvalue weighted by molar-refractivity contribution is -0.164. The summed E-state index contributed by atoms with van der Waals surface area (Å²) < 4.78 is 10.7. The van der Waals surface area contributed by atoms with Gasteiger partial charge in [0.25, 0.3) is 0 Å². The maximum absolute atomic E-state index is 12.9. The van der Waals surface area contributed by atoms with Crippen LogP contribution in [0, 0.1) is 29.1 Å². The molecule has 0 fully saturated rings. The SMILES string of the molecule is CCC(C)(C)C(=O)O[C@H]1C[C@@H](C)C=C2C=C[C@H](C)[C@H](CC[C@@H](O)C[C@@H](O)CC(=O)OC)[C@@H]21. The van der Waals surface area contributed by atoms with E-state index in [9.17, 15) is 19.8 Å². The number of hydrogen-bond acceptors (Lipinski definition) is 6. The predicted octanol–water partition coefficient (Wildman–Crippen LogP) is 4.19. The number of carbonyl (C=O) groups is 2. The fraction of sp³-hybridized carbons (Fsp3) is 0.769. The van der Waals surface area contributed by atoms with Crippen LogP contribution in [-0.2, 0) is 19.1 Å². The molecule has 0 amide bonds. The average Bonchev–Trinajstić information content (AvgIpc) is 2.72. The maximum atomic E-state index is 12.9. The molecule has 0 bridgehead atoms. The first-order valence-corrected chi connectivity index (χ1v) is 12.0. The van der Waals surface area contributed by atoms with Crippen molar-refractivity contribution in [2.45, 2.75) is 91.5 Å². The van der Waals surface area contributed by atoms with Crippen LogP contribution in [0.25, 0.3) is 0 Å². The maximum Gasteiger partial charge on any atom is 0.311 e. The van der Waals surface area contributed by atoms with Crippen molar-refractivity contribution in [2.75, 3.05) is 7.11 Å². The molecule has 2 N–H and O–H groups in total. The zero-order valence-electron chi connectivity index (χ0n) is 20.5. The minimum atomic E-state index is -0.919. The minimum Gasteiger partial charge on any atom is -0.469 e. The quantitative estimate of drug-likeness (QED) is 0.485. The third kappa shape index (κ3) is 6.92. The Morgan fingerprint density at radius 3 is 2.53 bits per heavy atom. The van der Waals surface area contributed by atoms with Crippen LogP contribution in [0.4, 0.5) is 0 Å². The summed E-state index contributed by atoms with van der Waals surface area (Å²) in [5.74, 6) is 0.329. The molecule has 0 radical (unpaired) electrons. The van der Waals surface area contributed by atoms with E-state index in [-0.39, 0.29) is 42.7 Å². The third-order valence-corrected chi connectivity index (χ3v) is 7.30. The van der Waals surface area contributed by atoms with Crippen molar-refractivity contribution in [3.63, 3.8) is 0 Å². The molecule has 0 aromatic carbocycles. The van der Waals surface area contributed by atoms with E-state index in [4.69, 9.17) is 4.74 Å². The second-order valence-electron chi connectivity index (χ2n) is 10.4. The minimum absolute atomic E-state index is 0.106. The van der Waals surface area contributed by atoms with Gasteiger partial charge in [-0.25, -0.2) is 0 Å². The third-order valence-electron chi connectivity index (χ3n) is 7.30. The lowest BCUT2D eigenvalue weighted by Crippen LogP contribution is -2.43. The van der Waals surface area contributed by atoms with E-state index in [2.05, 4.69) is 36.8 Å². The molecule has 0 aliphatic heterocycles. The summed E-state index contributed by atoms with van der Waals surface area (Å²) in [7, 11) is 1.28. The molecular weight excluding hydrogens is 408 g/mol. The largest absolute Gasteiger partial charge is 0.469 e. The molecule has 7 atom stereocenters. The highest BCUT2D eigenvalue weighted by Crippen LogP contribution is 2.45. The normalized spacial score (nSPS) is 29.5. The van der Waals surface area contributed by atoms with Gasteiger partial charge in [-0.3, -0.25) is 9.59 Å². The van der Waals surface area contributed by atoms with Crippen LogP contribution < -0.4 is 0 Å². The first-order chi connectivity index (χ1) is 15.0. The van der Waals surface area contributed by atoms with Crippen molar-refractivity contribution in [3.05, 3.63) is 23.8 Å². The Kier molecular flexibility index (Phi) is 9.53. The molecular formula is C26H42O6. The molecule has 0 saturated heterocycles. The molecule has 0 heterocycles. The van der Waals surface area contributed by atoms with E-state index < -0.39 is 23.6 Å². The molecule has 2 aliphatic carbocycles. The second-order valence-corrected chi connectivity index (χ2v) is 10.4. The number of aliphatic hydroxyl groups excluding tert-OH is 2. The van der Waals surface area contributed by atoms with E-state index in [1.54, 1.807) is 0 Å². The topological polar surface area (TPSA) is 93.1 Å². The molecule has 182 valence electrons. The van der Waals surface area contributed by atoms with E-state index in [0.717, 1.165) is 19.3 Å². The summed E-state index contributed by atoms with van der Waals surface area (Å²) in [4.78, 5) is 24.2. The van der Waals surface area contributed by atoms with Gasteiger partial charge in [-0.1, -0.05) is 39.0 Å². The number of ether oxygens (including phenoxy) is 2. The summed E-state index contributed by atoms with van der Waals surface area (Å²) in [5.41, 5.74) is 0.710. The molecule has 6 heteroatoms. The van der Waals surface area contributed by atoms with Crippen molar-refractivity contribution in [1.82, 2.24) is 0 Å². The highest BCUT2D eigenvalue weighted by Gasteiger charge is 2.42. The van der Waals surface area contributed by atoms with Gasteiger partial charge < -0.3 is 19.7 Å². The highest BCUT2D eigenvalue weighted by molar-refractivity contribution is 5.76. The molecule has 6 nitrogen and oxygen atoms in total. The predicted molar refractivity (Wildman–Crippen MR) is 124 cm³/mol. The van der Waals surface area contributed by atoms with Crippen molar-refractivity contribution < 1.29 is 29.3 Å². The van der Waals surface area contributed by atoms with Crippen LogP contribution in [0.5, 0.6) is 0 Å². The smallest absolute Gasteiger partial charge is 0.311 e. The Labute approximate surface area is 193 Å². The molecule has 2 rings (SSSR count).